The van der Waals surface area contributed by atoms with Crippen LogP contribution in [0.5, 0.6) is 5.75 Å². The van der Waals surface area contributed by atoms with Crippen molar-refractivity contribution >= 4 is 17.8 Å². The van der Waals surface area contributed by atoms with Crippen LogP contribution in [0.3, 0.4) is 0 Å². The van der Waals surface area contributed by atoms with Gasteiger partial charge in [-0.25, -0.2) is 5.43 Å². The number of carbonyl (C=O) groups is 1. The van der Waals surface area contributed by atoms with E-state index in [1.54, 1.807) is 12.3 Å². The molecule has 1 aromatic heterocycles. The fourth-order valence-electron chi connectivity index (χ4n) is 3.13. The first kappa shape index (κ1) is 21.8. The monoisotopic (exact) mass is 439 g/mol. The van der Waals surface area contributed by atoms with Gasteiger partial charge in [0, 0.05) is 25.3 Å². The molecule has 4 aromatic rings. The molecule has 4 rings (SSSR count). The Hall–Kier alpha value is -4.39. The second kappa shape index (κ2) is 10.3. The van der Waals surface area contributed by atoms with Gasteiger partial charge in [0.05, 0.1) is 11.9 Å². The molecule has 0 bridgehead atoms. The predicted molar refractivity (Wildman–Crippen MR) is 131 cm³/mol. The highest BCUT2D eigenvalue weighted by Crippen LogP contribution is 2.22. The number of hydrogen-bond acceptors (Lipinski definition) is 5. The number of rotatable bonds is 8. The Bertz CT molecular complexity index is 1210. The van der Waals surface area contributed by atoms with E-state index >= 15 is 0 Å². The van der Waals surface area contributed by atoms with Crippen LogP contribution in [0.4, 0.5) is 5.69 Å². The van der Waals surface area contributed by atoms with Crippen molar-refractivity contribution in [2.24, 2.45) is 5.10 Å². The van der Waals surface area contributed by atoms with Crippen LogP contribution in [0.15, 0.2) is 90.0 Å². The maximum atomic E-state index is 12.4. The van der Waals surface area contributed by atoms with Gasteiger partial charge in [0.2, 0.25) is 0 Å². The molecule has 7 nitrogen and oxygen atoms in total. The van der Waals surface area contributed by atoms with E-state index in [-0.39, 0.29) is 5.91 Å². The van der Waals surface area contributed by atoms with Crippen LogP contribution in [0, 0.1) is 0 Å². The van der Waals surface area contributed by atoms with Gasteiger partial charge in [-0.15, -0.1) is 0 Å². The molecule has 0 fully saturated rings. The highest BCUT2D eigenvalue weighted by molar-refractivity contribution is 5.94. The summed E-state index contributed by atoms with van der Waals surface area (Å²) in [7, 11) is 3.96. The third-order valence-corrected chi connectivity index (χ3v) is 5.01. The maximum Gasteiger partial charge on any atom is 0.289 e. The van der Waals surface area contributed by atoms with Gasteiger partial charge in [-0.2, -0.15) is 10.2 Å². The van der Waals surface area contributed by atoms with Gasteiger partial charge in [-0.3, -0.25) is 9.89 Å². The summed E-state index contributed by atoms with van der Waals surface area (Å²) < 4.78 is 5.81. The summed E-state index contributed by atoms with van der Waals surface area (Å²) in [5, 5.41) is 11.0. The number of benzene rings is 3. The molecule has 3 aromatic carbocycles. The number of nitrogens with one attached hydrogen (secondary N) is 2. The first-order chi connectivity index (χ1) is 16.1. The number of nitrogens with zero attached hydrogens (tertiary/aromatic N) is 3. The number of ether oxygens (including phenoxy) is 1. The quantitative estimate of drug-likeness (QED) is 0.313. The van der Waals surface area contributed by atoms with Crippen LogP contribution in [0.1, 0.15) is 21.6 Å². The number of carbonyl (C=O) groups excluding carboxylic acids is 1. The van der Waals surface area contributed by atoms with Crippen molar-refractivity contribution in [1.29, 1.82) is 0 Å². The summed E-state index contributed by atoms with van der Waals surface area (Å²) in [6.07, 6.45) is 1.60. The largest absolute Gasteiger partial charge is 0.489 e. The van der Waals surface area contributed by atoms with E-state index in [9.17, 15) is 4.79 Å². The van der Waals surface area contributed by atoms with Crippen LogP contribution >= 0.6 is 0 Å². The van der Waals surface area contributed by atoms with E-state index in [4.69, 9.17) is 4.74 Å². The van der Waals surface area contributed by atoms with Gasteiger partial charge in [0.15, 0.2) is 0 Å². The summed E-state index contributed by atoms with van der Waals surface area (Å²) in [5.74, 6) is 0.404. The molecule has 0 aliphatic carbocycles. The lowest BCUT2D eigenvalue weighted by atomic mass is 10.1. The SMILES string of the molecule is CN(C)c1ccc(C=NNC(=O)c2cc(-c3ccc(OCc4ccccc4)cc3)n[nH]2)cc1. The first-order valence-corrected chi connectivity index (χ1v) is 10.5. The summed E-state index contributed by atoms with van der Waals surface area (Å²) in [5.41, 5.74) is 7.48. The van der Waals surface area contributed by atoms with Crippen LogP contribution in [-0.4, -0.2) is 36.4 Å². The molecule has 0 radical (unpaired) electrons. The molecule has 0 saturated heterocycles. The van der Waals surface area contributed by atoms with E-state index in [1.807, 2.05) is 97.9 Å². The number of hydrogen-bond donors (Lipinski definition) is 2. The zero-order valence-electron chi connectivity index (χ0n) is 18.5. The first-order valence-electron chi connectivity index (χ1n) is 10.5. The van der Waals surface area contributed by atoms with Crippen LogP contribution in [0.25, 0.3) is 11.3 Å². The molecule has 0 atom stereocenters. The normalized spacial score (nSPS) is 10.8. The van der Waals surface area contributed by atoms with Crippen molar-refractivity contribution in [3.63, 3.8) is 0 Å². The molecular formula is C26H25N5O2. The number of aromatic amines is 1. The fourth-order valence-corrected chi connectivity index (χ4v) is 3.13. The second-order valence-corrected chi connectivity index (χ2v) is 7.65. The van der Waals surface area contributed by atoms with E-state index in [0.717, 1.165) is 28.1 Å². The predicted octanol–water partition coefficient (Wildman–Crippen LogP) is 4.49. The van der Waals surface area contributed by atoms with Gasteiger partial charge in [-0.05, 0) is 53.6 Å². The topological polar surface area (TPSA) is 82.6 Å². The Kier molecular flexibility index (Phi) is 6.80. The van der Waals surface area contributed by atoms with Gasteiger partial charge in [0.1, 0.15) is 18.1 Å². The second-order valence-electron chi connectivity index (χ2n) is 7.65. The zero-order valence-corrected chi connectivity index (χ0v) is 18.5. The summed E-state index contributed by atoms with van der Waals surface area (Å²) in [6, 6.07) is 27.1. The fraction of sp³-hybridized carbons (Fsp3) is 0.115. The van der Waals surface area contributed by atoms with Crippen molar-refractivity contribution in [3.8, 4) is 17.0 Å². The van der Waals surface area contributed by atoms with Crippen LogP contribution in [0.2, 0.25) is 0 Å². The molecule has 0 aliphatic rings. The molecule has 0 saturated carbocycles. The van der Waals surface area contributed by atoms with Crippen molar-refractivity contribution in [1.82, 2.24) is 15.6 Å². The molecule has 0 unspecified atom stereocenters. The minimum atomic E-state index is -0.363. The van der Waals surface area contributed by atoms with E-state index < -0.39 is 0 Å². The summed E-state index contributed by atoms with van der Waals surface area (Å²) >= 11 is 0. The zero-order chi connectivity index (χ0) is 23.0. The van der Waals surface area contributed by atoms with Crippen molar-refractivity contribution < 1.29 is 9.53 Å². The number of anilines is 1. The highest BCUT2D eigenvalue weighted by atomic mass is 16.5. The lowest BCUT2D eigenvalue weighted by molar-refractivity contribution is 0.0950. The molecule has 166 valence electrons. The average molecular weight is 440 g/mol. The standard InChI is InChI=1S/C26H25N5O2/c1-31(2)22-12-8-19(9-13-22)17-27-30-26(32)25-16-24(28-29-25)21-10-14-23(15-11-21)33-18-20-6-4-3-5-7-20/h3-17H,18H2,1-2H3,(H,28,29)(H,30,32). The maximum absolute atomic E-state index is 12.4. The number of amides is 1. The third kappa shape index (κ3) is 5.86. The number of hydrazone groups is 1. The van der Waals surface area contributed by atoms with Gasteiger partial charge >= 0.3 is 0 Å². The molecule has 0 spiro atoms. The van der Waals surface area contributed by atoms with Gasteiger partial charge < -0.3 is 9.64 Å². The minimum absolute atomic E-state index is 0.328. The van der Waals surface area contributed by atoms with Crippen LogP contribution in [-0.2, 0) is 6.61 Å². The molecule has 1 heterocycles. The van der Waals surface area contributed by atoms with E-state index in [0.29, 0.717) is 18.0 Å². The van der Waals surface area contributed by atoms with Gasteiger partial charge in [-0.1, -0.05) is 42.5 Å². The Morgan fingerprint density at radius 1 is 1.03 bits per heavy atom. The average Bonchev–Trinajstić information content (AvgIpc) is 3.34. The van der Waals surface area contributed by atoms with Crippen molar-refractivity contribution in [2.45, 2.75) is 6.61 Å². The smallest absolute Gasteiger partial charge is 0.289 e. The van der Waals surface area contributed by atoms with Gasteiger partial charge in [0.25, 0.3) is 5.91 Å². The molecule has 1 amide bonds. The Morgan fingerprint density at radius 3 is 2.45 bits per heavy atom. The Labute approximate surface area is 192 Å². The highest BCUT2D eigenvalue weighted by Gasteiger charge is 2.10. The van der Waals surface area contributed by atoms with E-state index in [2.05, 4.69) is 20.7 Å². The third-order valence-electron chi connectivity index (χ3n) is 5.01. The molecule has 7 heteroatoms. The molecule has 33 heavy (non-hydrogen) atoms. The van der Waals surface area contributed by atoms with E-state index in [1.165, 1.54) is 0 Å². The summed E-state index contributed by atoms with van der Waals surface area (Å²) in [6.45, 7) is 0.507. The Morgan fingerprint density at radius 2 is 1.76 bits per heavy atom. The molecular weight excluding hydrogens is 414 g/mol. The lowest BCUT2D eigenvalue weighted by Crippen LogP contribution is -2.18. The lowest BCUT2D eigenvalue weighted by Gasteiger charge is -2.11. The van der Waals surface area contributed by atoms with Crippen molar-refractivity contribution in [2.75, 3.05) is 19.0 Å². The van der Waals surface area contributed by atoms with Crippen molar-refractivity contribution in [3.05, 3.63) is 102 Å². The molecule has 2 N–H and O–H groups in total. The summed E-state index contributed by atoms with van der Waals surface area (Å²) in [4.78, 5) is 14.4. The number of H-pyrrole nitrogens is 1. The minimum Gasteiger partial charge on any atom is -0.489 e. The van der Waals surface area contributed by atoms with Crippen LogP contribution < -0.4 is 15.1 Å². The Balaban J connectivity index is 1.32. The molecule has 0 aliphatic heterocycles. The number of aromatic nitrogens is 2.